The standard InChI is InChI=1S/C15H19Cl2N3O4/c1-8(2)7-18-14(22)15(23)20-19-13(21)9(3)24-12-5-4-10(16)6-11(12)17/h4-6,8-9H,7H2,1-3H3,(H,18,22)(H,19,21)(H,20,23)/t9-/m0/s1. The van der Waals surface area contributed by atoms with Crippen molar-refractivity contribution in [2.75, 3.05) is 6.54 Å². The van der Waals surface area contributed by atoms with Crippen molar-refractivity contribution in [3.8, 4) is 5.75 Å². The van der Waals surface area contributed by atoms with Crippen LogP contribution in [0.5, 0.6) is 5.75 Å². The van der Waals surface area contributed by atoms with E-state index in [1.165, 1.54) is 19.1 Å². The lowest BCUT2D eigenvalue weighted by Crippen LogP contribution is -2.51. The summed E-state index contributed by atoms with van der Waals surface area (Å²) in [5, 5.41) is 3.11. The molecule has 0 aromatic heterocycles. The van der Waals surface area contributed by atoms with E-state index in [1.807, 2.05) is 19.3 Å². The van der Waals surface area contributed by atoms with E-state index in [-0.39, 0.29) is 16.7 Å². The zero-order valence-corrected chi connectivity index (χ0v) is 15.0. The quantitative estimate of drug-likeness (QED) is 0.538. The van der Waals surface area contributed by atoms with Crippen LogP contribution in [0.3, 0.4) is 0 Å². The highest BCUT2D eigenvalue weighted by Crippen LogP contribution is 2.28. The molecule has 0 bridgehead atoms. The predicted molar refractivity (Wildman–Crippen MR) is 90.7 cm³/mol. The van der Waals surface area contributed by atoms with E-state index >= 15 is 0 Å². The van der Waals surface area contributed by atoms with Gasteiger partial charge >= 0.3 is 11.8 Å². The third-order valence-electron chi connectivity index (χ3n) is 2.74. The highest BCUT2D eigenvalue weighted by atomic mass is 35.5. The molecule has 0 saturated heterocycles. The molecule has 24 heavy (non-hydrogen) atoms. The lowest BCUT2D eigenvalue weighted by atomic mass is 10.2. The number of nitrogens with one attached hydrogen (secondary N) is 3. The van der Waals surface area contributed by atoms with Gasteiger partial charge in [-0.2, -0.15) is 0 Å². The fourth-order valence-electron chi connectivity index (χ4n) is 1.47. The number of halogens is 2. The van der Waals surface area contributed by atoms with Crippen LogP contribution >= 0.6 is 23.2 Å². The van der Waals surface area contributed by atoms with Crippen molar-refractivity contribution in [2.45, 2.75) is 26.9 Å². The summed E-state index contributed by atoms with van der Waals surface area (Å²) in [5.41, 5.74) is 4.12. The molecule has 1 atom stereocenters. The number of carbonyl (C=O) groups is 3. The topological polar surface area (TPSA) is 96.5 Å². The molecule has 0 heterocycles. The van der Waals surface area contributed by atoms with Crippen molar-refractivity contribution in [1.29, 1.82) is 0 Å². The zero-order chi connectivity index (χ0) is 18.3. The monoisotopic (exact) mass is 375 g/mol. The molecule has 3 N–H and O–H groups in total. The molecular formula is C15H19Cl2N3O4. The summed E-state index contributed by atoms with van der Waals surface area (Å²) in [4.78, 5) is 34.8. The van der Waals surface area contributed by atoms with Gasteiger partial charge in [0.2, 0.25) is 0 Å². The minimum absolute atomic E-state index is 0.203. The Morgan fingerprint density at radius 2 is 1.75 bits per heavy atom. The van der Waals surface area contributed by atoms with Crippen molar-refractivity contribution in [1.82, 2.24) is 16.2 Å². The van der Waals surface area contributed by atoms with Gasteiger partial charge in [0.05, 0.1) is 5.02 Å². The minimum Gasteiger partial charge on any atom is -0.479 e. The maximum Gasteiger partial charge on any atom is 0.327 e. The van der Waals surface area contributed by atoms with Crippen LogP contribution in [0.4, 0.5) is 0 Å². The van der Waals surface area contributed by atoms with Gasteiger partial charge in [-0.25, -0.2) is 0 Å². The predicted octanol–water partition coefficient (Wildman–Crippen LogP) is 1.68. The average molecular weight is 376 g/mol. The van der Waals surface area contributed by atoms with Crippen molar-refractivity contribution in [3.05, 3.63) is 28.2 Å². The van der Waals surface area contributed by atoms with E-state index in [0.717, 1.165) is 0 Å². The van der Waals surface area contributed by atoms with Crippen molar-refractivity contribution in [2.24, 2.45) is 5.92 Å². The highest BCUT2D eigenvalue weighted by Gasteiger charge is 2.19. The first-order chi connectivity index (χ1) is 11.2. The Kier molecular flexibility index (Phi) is 7.81. The van der Waals surface area contributed by atoms with Crippen molar-refractivity contribution < 1.29 is 19.1 Å². The third-order valence-corrected chi connectivity index (χ3v) is 3.27. The molecular weight excluding hydrogens is 357 g/mol. The Labute approximate surface area is 150 Å². The normalized spacial score (nSPS) is 11.6. The number of hydrazine groups is 1. The van der Waals surface area contributed by atoms with Gasteiger partial charge in [-0.1, -0.05) is 37.0 Å². The van der Waals surface area contributed by atoms with Gasteiger partial charge in [0.15, 0.2) is 6.10 Å². The molecule has 0 aliphatic heterocycles. The second kappa shape index (κ2) is 9.34. The molecule has 7 nitrogen and oxygen atoms in total. The van der Waals surface area contributed by atoms with E-state index < -0.39 is 23.8 Å². The fourth-order valence-corrected chi connectivity index (χ4v) is 1.92. The Bertz CT molecular complexity index is 623. The van der Waals surface area contributed by atoms with Crippen LogP contribution in [0.2, 0.25) is 10.0 Å². The number of amides is 3. The number of rotatable bonds is 5. The molecule has 0 radical (unpaired) electrons. The van der Waals surface area contributed by atoms with E-state index in [9.17, 15) is 14.4 Å². The molecule has 0 spiro atoms. The summed E-state index contributed by atoms with van der Waals surface area (Å²) in [6.45, 7) is 5.60. The van der Waals surface area contributed by atoms with Crippen LogP contribution in [0.25, 0.3) is 0 Å². The Hall–Kier alpha value is -1.99. The summed E-state index contributed by atoms with van der Waals surface area (Å²) < 4.78 is 5.38. The largest absolute Gasteiger partial charge is 0.479 e. The smallest absolute Gasteiger partial charge is 0.327 e. The van der Waals surface area contributed by atoms with Crippen LogP contribution in [-0.2, 0) is 14.4 Å². The summed E-state index contributed by atoms with van der Waals surface area (Å²) in [7, 11) is 0. The van der Waals surface area contributed by atoms with Gasteiger partial charge < -0.3 is 10.1 Å². The lowest BCUT2D eigenvalue weighted by molar-refractivity contribution is -0.141. The molecule has 132 valence electrons. The molecule has 1 aromatic rings. The highest BCUT2D eigenvalue weighted by molar-refractivity contribution is 6.35. The lowest BCUT2D eigenvalue weighted by Gasteiger charge is -2.16. The van der Waals surface area contributed by atoms with Gasteiger partial charge in [0.25, 0.3) is 5.91 Å². The summed E-state index contributed by atoms with van der Waals surface area (Å²) in [6, 6.07) is 4.56. The van der Waals surface area contributed by atoms with Crippen LogP contribution < -0.4 is 20.9 Å². The van der Waals surface area contributed by atoms with Crippen molar-refractivity contribution >= 4 is 40.9 Å². The van der Waals surface area contributed by atoms with Crippen LogP contribution in [0.1, 0.15) is 20.8 Å². The summed E-state index contributed by atoms with van der Waals surface area (Å²) in [5.74, 6) is -1.98. The molecule has 1 aromatic carbocycles. The molecule has 0 aliphatic rings. The SMILES string of the molecule is CC(C)CNC(=O)C(=O)NNC(=O)[C@H](C)Oc1ccc(Cl)cc1Cl. The first-order valence-electron chi connectivity index (χ1n) is 7.20. The summed E-state index contributed by atoms with van der Waals surface area (Å²) >= 11 is 11.7. The molecule has 0 saturated carbocycles. The fraction of sp³-hybridized carbons (Fsp3) is 0.400. The Morgan fingerprint density at radius 3 is 2.33 bits per heavy atom. The summed E-state index contributed by atoms with van der Waals surface area (Å²) in [6.07, 6.45) is -0.956. The van der Waals surface area contributed by atoms with Crippen LogP contribution in [0, 0.1) is 5.92 Å². The number of hydrogen-bond donors (Lipinski definition) is 3. The molecule has 3 amide bonds. The van der Waals surface area contributed by atoms with Gasteiger partial charge in [-0.3, -0.25) is 25.2 Å². The Morgan fingerprint density at radius 1 is 1.08 bits per heavy atom. The molecule has 1 rings (SSSR count). The first-order valence-corrected chi connectivity index (χ1v) is 7.96. The van der Waals surface area contributed by atoms with E-state index in [2.05, 4.69) is 10.7 Å². The number of ether oxygens (including phenoxy) is 1. The van der Waals surface area contributed by atoms with Crippen LogP contribution in [-0.4, -0.2) is 30.4 Å². The number of hydrogen-bond acceptors (Lipinski definition) is 4. The molecule has 0 fully saturated rings. The maximum absolute atomic E-state index is 11.9. The maximum atomic E-state index is 11.9. The van der Waals surface area contributed by atoms with E-state index in [4.69, 9.17) is 27.9 Å². The molecule has 0 aliphatic carbocycles. The van der Waals surface area contributed by atoms with E-state index in [0.29, 0.717) is 11.6 Å². The number of carbonyl (C=O) groups excluding carboxylic acids is 3. The van der Waals surface area contributed by atoms with Crippen molar-refractivity contribution in [3.63, 3.8) is 0 Å². The zero-order valence-electron chi connectivity index (χ0n) is 13.5. The van der Waals surface area contributed by atoms with Gasteiger partial charge in [0, 0.05) is 11.6 Å². The first kappa shape index (κ1) is 20.1. The average Bonchev–Trinajstić information content (AvgIpc) is 2.52. The second-order valence-electron chi connectivity index (χ2n) is 5.38. The number of benzene rings is 1. The van der Waals surface area contributed by atoms with Gasteiger partial charge in [0.1, 0.15) is 5.75 Å². The third kappa shape index (κ3) is 6.64. The second-order valence-corrected chi connectivity index (χ2v) is 6.23. The van der Waals surface area contributed by atoms with E-state index in [1.54, 1.807) is 6.07 Å². The van der Waals surface area contributed by atoms with Crippen LogP contribution in [0.15, 0.2) is 18.2 Å². The Balaban J connectivity index is 2.46. The molecule has 0 unspecified atom stereocenters. The molecule has 9 heteroatoms. The minimum atomic E-state index is -0.972. The van der Waals surface area contributed by atoms with Gasteiger partial charge in [-0.15, -0.1) is 0 Å². The van der Waals surface area contributed by atoms with Gasteiger partial charge in [-0.05, 0) is 31.0 Å².